The maximum Gasteiger partial charge on any atom is 0.406 e. The van der Waals surface area contributed by atoms with E-state index in [1.165, 1.54) is 0 Å². The predicted octanol–water partition coefficient (Wildman–Crippen LogP) is 0.806. The minimum atomic E-state index is -4.62. The number of halogens is 3. The van der Waals surface area contributed by atoms with E-state index in [1.54, 1.807) is 6.92 Å². The minimum absolute atomic E-state index is 0.111. The smallest absolute Gasteiger partial charge is 0.406 e. The van der Waals surface area contributed by atoms with Crippen molar-refractivity contribution in [2.24, 2.45) is 0 Å². The summed E-state index contributed by atoms with van der Waals surface area (Å²) in [5.41, 5.74) is 0. The van der Waals surface area contributed by atoms with Crippen LogP contribution < -0.4 is 5.32 Å². The molecule has 3 N–H and O–H groups in total. The number of aliphatic hydroxyl groups is 1. The van der Waals surface area contributed by atoms with Gasteiger partial charge in [0, 0.05) is 6.54 Å². The molecular weight excluding hydrogens is 269 g/mol. The first-order chi connectivity index (χ1) is 8.71. The van der Waals surface area contributed by atoms with Crippen molar-refractivity contribution in [1.82, 2.24) is 10.2 Å². The predicted molar refractivity (Wildman–Crippen MR) is 59.6 cm³/mol. The number of urea groups is 1. The van der Waals surface area contributed by atoms with Gasteiger partial charge in [0.15, 0.2) is 0 Å². The summed E-state index contributed by atoms with van der Waals surface area (Å²) in [4.78, 5) is 22.7. The monoisotopic (exact) mass is 286 g/mol. The van der Waals surface area contributed by atoms with Gasteiger partial charge in [0.05, 0.1) is 6.61 Å². The van der Waals surface area contributed by atoms with E-state index in [1.807, 2.05) is 5.32 Å². The van der Waals surface area contributed by atoms with Crippen molar-refractivity contribution in [2.45, 2.75) is 32.0 Å². The molecule has 0 heterocycles. The molecule has 1 atom stereocenters. The molecule has 0 aliphatic carbocycles. The van der Waals surface area contributed by atoms with Gasteiger partial charge in [0.2, 0.25) is 0 Å². The van der Waals surface area contributed by atoms with E-state index < -0.39 is 43.9 Å². The van der Waals surface area contributed by atoms with E-state index in [0.717, 1.165) is 0 Å². The Bertz CT molecular complexity index is 310. The molecule has 112 valence electrons. The normalized spacial score (nSPS) is 12.9. The molecule has 0 saturated carbocycles. The van der Waals surface area contributed by atoms with Crippen LogP contribution in [0, 0.1) is 0 Å². The topological polar surface area (TPSA) is 89.9 Å². The molecule has 0 radical (unpaired) electrons. The Morgan fingerprint density at radius 3 is 2.32 bits per heavy atom. The number of nitrogens with one attached hydrogen (secondary N) is 1. The number of rotatable bonds is 7. The van der Waals surface area contributed by atoms with Gasteiger partial charge < -0.3 is 20.4 Å². The molecule has 19 heavy (non-hydrogen) atoms. The SMILES string of the molecule is CCC[C@H](NC(=O)N(CCO)CC(F)(F)F)C(=O)O. The number of carbonyl (C=O) groups excluding carboxylic acids is 1. The molecule has 0 aromatic heterocycles. The zero-order chi connectivity index (χ0) is 15.1. The van der Waals surface area contributed by atoms with Crippen molar-refractivity contribution < 1.29 is 33.0 Å². The number of aliphatic carboxylic acids is 1. The van der Waals surface area contributed by atoms with Crippen LogP contribution in [-0.4, -0.2) is 59.0 Å². The summed E-state index contributed by atoms with van der Waals surface area (Å²) in [5.74, 6) is -1.31. The molecule has 9 heteroatoms. The second-order valence-electron chi connectivity index (χ2n) is 3.89. The minimum Gasteiger partial charge on any atom is -0.480 e. The molecule has 0 aromatic rings. The van der Waals surface area contributed by atoms with Crippen LogP contribution >= 0.6 is 0 Å². The Labute approximate surface area is 108 Å². The van der Waals surface area contributed by atoms with Crippen LogP contribution in [-0.2, 0) is 4.79 Å². The highest BCUT2D eigenvalue weighted by Crippen LogP contribution is 2.16. The lowest BCUT2D eigenvalue weighted by Gasteiger charge is -2.25. The maximum absolute atomic E-state index is 12.2. The molecule has 6 nitrogen and oxygen atoms in total. The quantitative estimate of drug-likeness (QED) is 0.646. The number of alkyl halides is 3. The molecular formula is C10H17F3N2O4. The summed E-state index contributed by atoms with van der Waals surface area (Å²) in [6.45, 7) is -1.03. The van der Waals surface area contributed by atoms with Crippen LogP contribution in [0.25, 0.3) is 0 Å². The summed E-state index contributed by atoms with van der Waals surface area (Å²) >= 11 is 0. The highest BCUT2D eigenvalue weighted by molar-refractivity contribution is 5.82. The third-order valence-corrected chi connectivity index (χ3v) is 2.20. The molecule has 0 spiro atoms. The average Bonchev–Trinajstić information content (AvgIpc) is 2.25. The van der Waals surface area contributed by atoms with Gasteiger partial charge >= 0.3 is 18.2 Å². The average molecular weight is 286 g/mol. The van der Waals surface area contributed by atoms with Crippen LogP contribution in [0.4, 0.5) is 18.0 Å². The lowest BCUT2D eigenvalue weighted by Crippen LogP contribution is -2.51. The van der Waals surface area contributed by atoms with Crippen LogP contribution in [0.15, 0.2) is 0 Å². The molecule has 0 aliphatic heterocycles. The van der Waals surface area contributed by atoms with Crippen LogP contribution in [0.1, 0.15) is 19.8 Å². The van der Waals surface area contributed by atoms with Gasteiger partial charge in [-0.3, -0.25) is 0 Å². The fourth-order valence-corrected chi connectivity index (χ4v) is 1.38. The first-order valence-electron chi connectivity index (χ1n) is 5.67. The van der Waals surface area contributed by atoms with E-state index in [9.17, 15) is 22.8 Å². The van der Waals surface area contributed by atoms with E-state index >= 15 is 0 Å². The number of hydrogen-bond donors (Lipinski definition) is 3. The first kappa shape index (κ1) is 17.5. The number of aliphatic hydroxyl groups excluding tert-OH is 1. The van der Waals surface area contributed by atoms with E-state index in [2.05, 4.69) is 0 Å². The standard InChI is InChI=1S/C10H17F3N2O4/c1-2-3-7(8(17)18)14-9(19)15(4-5-16)6-10(11,12)13/h7,16H,2-6H2,1H3,(H,14,19)(H,17,18)/t7-/m0/s1. The fraction of sp³-hybridized carbons (Fsp3) is 0.800. The number of carboxylic acid groups (broad SMARTS) is 1. The van der Waals surface area contributed by atoms with Crippen molar-refractivity contribution >= 4 is 12.0 Å². The van der Waals surface area contributed by atoms with Crippen molar-refractivity contribution in [3.05, 3.63) is 0 Å². The molecule has 0 aromatic carbocycles. The number of amides is 2. The molecule has 0 fully saturated rings. The van der Waals surface area contributed by atoms with Gasteiger partial charge in [-0.05, 0) is 6.42 Å². The van der Waals surface area contributed by atoms with Crippen molar-refractivity contribution in [2.75, 3.05) is 19.7 Å². The lowest BCUT2D eigenvalue weighted by molar-refractivity contribution is -0.141. The van der Waals surface area contributed by atoms with Crippen molar-refractivity contribution in [3.8, 4) is 0 Å². The molecule has 0 unspecified atom stereocenters. The Balaban J connectivity index is 4.65. The van der Waals surface area contributed by atoms with Crippen molar-refractivity contribution in [3.63, 3.8) is 0 Å². The molecule has 2 amide bonds. The first-order valence-corrected chi connectivity index (χ1v) is 5.67. The summed E-state index contributed by atoms with van der Waals surface area (Å²) in [6.07, 6.45) is -4.05. The number of hydrogen-bond acceptors (Lipinski definition) is 3. The summed E-state index contributed by atoms with van der Waals surface area (Å²) in [5, 5.41) is 19.4. The fourth-order valence-electron chi connectivity index (χ4n) is 1.38. The van der Waals surface area contributed by atoms with E-state index in [4.69, 9.17) is 10.2 Å². The summed E-state index contributed by atoms with van der Waals surface area (Å²) in [6, 6.07) is -2.40. The van der Waals surface area contributed by atoms with Crippen molar-refractivity contribution in [1.29, 1.82) is 0 Å². The maximum atomic E-state index is 12.2. The number of carbonyl (C=O) groups is 2. The zero-order valence-corrected chi connectivity index (χ0v) is 10.4. The van der Waals surface area contributed by atoms with E-state index in [-0.39, 0.29) is 6.42 Å². The van der Waals surface area contributed by atoms with Gasteiger partial charge in [-0.25, -0.2) is 9.59 Å². The van der Waals surface area contributed by atoms with Crippen LogP contribution in [0.3, 0.4) is 0 Å². The van der Waals surface area contributed by atoms with Gasteiger partial charge in [0.25, 0.3) is 0 Å². The lowest BCUT2D eigenvalue weighted by atomic mass is 10.2. The van der Waals surface area contributed by atoms with Gasteiger partial charge in [-0.2, -0.15) is 13.2 Å². The third kappa shape index (κ3) is 7.50. The Kier molecular flexibility index (Phi) is 7.20. The van der Waals surface area contributed by atoms with Gasteiger partial charge in [0.1, 0.15) is 12.6 Å². The largest absolute Gasteiger partial charge is 0.480 e. The zero-order valence-electron chi connectivity index (χ0n) is 10.4. The summed E-state index contributed by atoms with van der Waals surface area (Å²) in [7, 11) is 0. The van der Waals surface area contributed by atoms with Gasteiger partial charge in [-0.1, -0.05) is 13.3 Å². The van der Waals surface area contributed by atoms with Crippen LogP contribution in [0.5, 0.6) is 0 Å². The Morgan fingerprint density at radius 2 is 1.95 bits per heavy atom. The summed E-state index contributed by atoms with van der Waals surface area (Å²) < 4.78 is 36.6. The number of carboxylic acids is 1. The highest BCUT2D eigenvalue weighted by atomic mass is 19.4. The molecule has 0 saturated heterocycles. The Morgan fingerprint density at radius 1 is 1.37 bits per heavy atom. The third-order valence-electron chi connectivity index (χ3n) is 2.20. The van der Waals surface area contributed by atoms with Gasteiger partial charge in [-0.15, -0.1) is 0 Å². The number of nitrogens with zero attached hydrogens (tertiary/aromatic N) is 1. The Hall–Kier alpha value is -1.51. The van der Waals surface area contributed by atoms with E-state index in [0.29, 0.717) is 11.3 Å². The van der Waals surface area contributed by atoms with Crippen LogP contribution in [0.2, 0.25) is 0 Å². The molecule has 0 bridgehead atoms. The highest BCUT2D eigenvalue weighted by Gasteiger charge is 2.33. The second-order valence-corrected chi connectivity index (χ2v) is 3.89. The molecule has 0 aliphatic rings. The molecule has 0 rings (SSSR count). The second kappa shape index (κ2) is 7.82.